The fourth-order valence-electron chi connectivity index (χ4n) is 4.31. The Morgan fingerprint density at radius 2 is 1.70 bits per heavy atom. The highest BCUT2D eigenvalue weighted by molar-refractivity contribution is 6.08. The van der Waals surface area contributed by atoms with Gasteiger partial charge in [0, 0.05) is 17.7 Å². The van der Waals surface area contributed by atoms with Gasteiger partial charge in [0.15, 0.2) is 5.72 Å². The van der Waals surface area contributed by atoms with Gasteiger partial charge in [0.2, 0.25) is 0 Å². The van der Waals surface area contributed by atoms with Gasteiger partial charge in [-0.2, -0.15) is 13.2 Å². The summed E-state index contributed by atoms with van der Waals surface area (Å²) in [6, 6.07) is 12.5. The fourth-order valence-corrected chi connectivity index (χ4v) is 4.31. The molecule has 1 aliphatic heterocycles. The van der Waals surface area contributed by atoms with Gasteiger partial charge in [0.25, 0.3) is 0 Å². The molecule has 158 valence electrons. The highest BCUT2D eigenvalue weighted by Crippen LogP contribution is 2.44. The van der Waals surface area contributed by atoms with Crippen molar-refractivity contribution < 1.29 is 23.0 Å². The largest absolute Gasteiger partial charge is 0.497 e. The summed E-state index contributed by atoms with van der Waals surface area (Å²) in [5.41, 5.74) is 1.47. The molecule has 1 aliphatic carbocycles. The van der Waals surface area contributed by atoms with Crippen LogP contribution in [0, 0.1) is 0 Å². The van der Waals surface area contributed by atoms with Crippen LogP contribution >= 0.6 is 0 Å². The standard InChI is InChI=1S/C24H24F3NO2/c1-30-19-12-10-16(11-13-19)21-15-23(29,28-22-9-4-2-3-8-20(21)22)17-6-5-7-18(14-17)24(25,26)27/h5-7,10-14,29H,2-4,8-9,15H2,1H3. The van der Waals surface area contributed by atoms with Crippen molar-refractivity contribution in [2.45, 2.75) is 50.4 Å². The third kappa shape index (κ3) is 4.01. The topological polar surface area (TPSA) is 41.8 Å². The van der Waals surface area contributed by atoms with Crippen LogP contribution in [0.3, 0.4) is 0 Å². The summed E-state index contributed by atoms with van der Waals surface area (Å²) in [6.45, 7) is 0. The van der Waals surface area contributed by atoms with Crippen molar-refractivity contribution in [2.75, 3.05) is 7.11 Å². The van der Waals surface area contributed by atoms with Crippen molar-refractivity contribution in [3.8, 4) is 5.75 Å². The Morgan fingerprint density at radius 3 is 2.40 bits per heavy atom. The first-order valence-corrected chi connectivity index (χ1v) is 10.2. The molecule has 1 atom stereocenters. The van der Waals surface area contributed by atoms with E-state index in [1.807, 2.05) is 24.3 Å². The van der Waals surface area contributed by atoms with Gasteiger partial charge in [0.05, 0.1) is 12.7 Å². The van der Waals surface area contributed by atoms with E-state index in [2.05, 4.69) is 4.99 Å². The molecule has 0 saturated heterocycles. The molecule has 3 nitrogen and oxygen atoms in total. The van der Waals surface area contributed by atoms with Crippen molar-refractivity contribution in [1.29, 1.82) is 0 Å². The van der Waals surface area contributed by atoms with Crippen LogP contribution in [0.25, 0.3) is 5.57 Å². The number of alkyl halides is 3. The maximum atomic E-state index is 13.3. The number of methoxy groups -OCH3 is 1. The Hall–Kier alpha value is -2.60. The highest BCUT2D eigenvalue weighted by Gasteiger charge is 2.39. The zero-order chi connectivity index (χ0) is 21.4. The molecule has 0 radical (unpaired) electrons. The predicted octanol–water partition coefficient (Wildman–Crippen LogP) is 6.12. The number of halogens is 3. The lowest BCUT2D eigenvalue weighted by molar-refractivity contribution is -0.137. The molecule has 1 unspecified atom stereocenters. The maximum Gasteiger partial charge on any atom is 0.416 e. The minimum absolute atomic E-state index is 0.138. The SMILES string of the molecule is COc1ccc(C2=C3CCCCCC3=NC(O)(c3cccc(C(F)(F)F)c3)C2)cc1. The third-order valence-corrected chi connectivity index (χ3v) is 5.89. The number of dihydropyridines is 1. The van der Waals surface area contributed by atoms with Crippen molar-refractivity contribution in [2.24, 2.45) is 4.99 Å². The molecule has 0 amide bonds. The van der Waals surface area contributed by atoms with E-state index in [0.29, 0.717) is 0 Å². The molecular weight excluding hydrogens is 391 g/mol. The van der Waals surface area contributed by atoms with Crippen LogP contribution in [-0.2, 0) is 11.9 Å². The minimum atomic E-state index is -4.48. The number of aliphatic imine (C=N–C) groups is 1. The summed E-state index contributed by atoms with van der Waals surface area (Å²) in [5.74, 6) is 0.725. The van der Waals surface area contributed by atoms with E-state index in [0.717, 1.165) is 72.4 Å². The highest BCUT2D eigenvalue weighted by atomic mass is 19.4. The average molecular weight is 415 g/mol. The second-order valence-corrected chi connectivity index (χ2v) is 7.88. The molecule has 2 aliphatic rings. The second kappa shape index (κ2) is 7.91. The van der Waals surface area contributed by atoms with E-state index < -0.39 is 17.5 Å². The lowest BCUT2D eigenvalue weighted by atomic mass is 9.82. The number of fused-ring (bicyclic) bond motifs is 1. The zero-order valence-electron chi connectivity index (χ0n) is 16.8. The van der Waals surface area contributed by atoms with E-state index in [-0.39, 0.29) is 12.0 Å². The Balaban J connectivity index is 1.81. The van der Waals surface area contributed by atoms with E-state index in [4.69, 9.17) is 4.74 Å². The first-order valence-electron chi connectivity index (χ1n) is 10.2. The normalized spacial score (nSPS) is 22.2. The zero-order valence-corrected chi connectivity index (χ0v) is 16.8. The lowest BCUT2D eigenvalue weighted by Crippen LogP contribution is -2.30. The molecule has 6 heteroatoms. The number of ether oxygens (including phenoxy) is 1. The monoisotopic (exact) mass is 415 g/mol. The van der Waals surface area contributed by atoms with Crippen molar-refractivity contribution in [1.82, 2.24) is 0 Å². The van der Waals surface area contributed by atoms with Crippen LogP contribution in [0.5, 0.6) is 5.75 Å². The number of hydrogen-bond acceptors (Lipinski definition) is 3. The summed E-state index contributed by atoms with van der Waals surface area (Å²) < 4.78 is 45.0. The molecular formula is C24H24F3NO2. The molecule has 0 aromatic heterocycles. The molecule has 0 bridgehead atoms. The summed E-state index contributed by atoms with van der Waals surface area (Å²) in [7, 11) is 1.60. The Bertz CT molecular complexity index is 992. The van der Waals surface area contributed by atoms with Gasteiger partial charge in [0.1, 0.15) is 5.75 Å². The van der Waals surface area contributed by atoms with Crippen LogP contribution in [0.1, 0.15) is 55.2 Å². The third-order valence-electron chi connectivity index (χ3n) is 5.89. The predicted molar refractivity (Wildman–Crippen MR) is 110 cm³/mol. The Labute approximate surface area is 173 Å². The van der Waals surface area contributed by atoms with Gasteiger partial charge < -0.3 is 9.84 Å². The number of hydrogen-bond donors (Lipinski definition) is 1. The van der Waals surface area contributed by atoms with E-state index in [1.165, 1.54) is 12.1 Å². The van der Waals surface area contributed by atoms with Crippen LogP contribution in [0.4, 0.5) is 13.2 Å². The Kier molecular flexibility index (Phi) is 5.45. The first-order chi connectivity index (χ1) is 14.3. The second-order valence-electron chi connectivity index (χ2n) is 7.88. The van der Waals surface area contributed by atoms with Gasteiger partial charge in [-0.05, 0) is 66.7 Å². The molecule has 0 spiro atoms. The maximum absolute atomic E-state index is 13.3. The van der Waals surface area contributed by atoms with Gasteiger partial charge >= 0.3 is 6.18 Å². The van der Waals surface area contributed by atoms with E-state index in [9.17, 15) is 18.3 Å². The number of allylic oxidation sites excluding steroid dienone is 1. The van der Waals surface area contributed by atoms with Gasteiger partial charge in [-0.1, -0.05) is 30.7 Å². The molecule has 1 N–H and O–H groups in total. The lowest BCUT2D eigenvalue weighted by Gasteiger charge is -2.33. The number of nitrogens with zero attached hydrogens (tertiary/aromatic N) is 1. The van der Waals surface area contributed by atoms with Crippen molar-refractivity contribution >= 4 is 11.3 Å². The van der Waals surface area contributed by atoms with Crippen LogP contribution in [-0.4, -0.2) is 17.9 Å². The fraction of sp³-hybridized carbons (Fsp3) is 0.375. The Morgan fingerprint density at radius 1 is 0.967 bits per heavy atom. The van der Waals surface area contributed by atoms with Crippen LogP contribution in [0.15, 0.2) is 59.1 Å². The molecule has 4 rings (SSSR count). The summed E-state index contributed by atoms with van der Waals surface area (Å²) >= 11 is 0. The van der Waals surface area contributed by atoms with Gasteiger partial charge in [-0.25, -0.2) is 0 Å². The van der Waals surface area contributed by atoms with Gasteiger partial charge in [-0.3, -0.25) is 4.99 Å². The van der Waals surface area contributed by atoms with Crippen LogP contribution in [0.2, 0.25) is 0 Å². The van der Waals surface area contributed by atoms with Crippen molar-refractivity contribution in [3.05, 3.63) is 70.8 Å². The number of benzene rings is 2. The molecule has 1 heterocycles. The minimum Gasteiger partial charge on any atom is -0.497 e. The molecule has 30 heavy (non-hydrogen) atoms. The molecule has 2 aromatic carbocycles. The van der Waals surface area contributed by atoms with E-state index >= 15 is 0 Å². The first kappa shape index (κ1) is 20.7. The number of aliphatic hydroxyl groups is 1. The number of rotatable bonds is 3. The molecule has 1 saturated carbocycles. The summed E-state index contributed by atoms with van der Waals surface area (Å²) in [6.07, 6.45) is 0.304. The molecule has 1 fully saturated rings. The summed E-state index contributed by atoms with van der Waals surface area (Å²) in [5, 5.41) is 11.5. The van der Waals surface area contributed by atoms with Crippen LogP contribution < -0.4 is 4.74 Å². The van der Waals surface area contributed by atoms with Crippen molar-refractivity contribution in [3.63, 3.8) is 0 Å². The molecule has 2 aromatic rings. The smallest absolute Gasteiger partial charge is 0.416 e. The van der Waals surface area contributed by atoms with E-state index in [1.54, 1.807) is 7.11 Å². The summed E-state index contributed by atoms with van der Waals surface area (Å²) in [4.78, 5) is 4.62. The quantitative estimate of drug-likeness (QED) is 0.656. The average Bonchev–Trinajstić information content (AvgIpc) is 2.98. The van der Waals surface area contributed by atoms with Gasteiger partial charge in [-0.15, -0.1) is 0 Å².